The first-order valence-corrected chi connectivity index (χ1v) is 9.56. The zero-order chi connectivity index (χ0) is 18.4. The Morgan fingerprint density at radius 1 is 0.926 bits per heavy atom. The molecule has 136 valence electrons. The first kappa shape index (κ1) is 16.4. The van der Waals surface area contributed by atoms with Crippen molar-refractivity contribution in [3.8, 4) is 0 Å². The predicted octanol–water partition coefficient (Wildman–Crippen LogP) is 2.47. The lowest BCUT2D eigenvalue weighted by molar-refractivity contribution is 0.634. The normalized spacial score (nSPS) is 15.0. The number of fused-ring (bicyclic) bond motifs is 2. The van der Waals surface area contributed by atoms with Crippen LogP contribution < -0.4 is 9.80 Å². The minimum atomic E-state index is 0.638. The monoisotopic (exact) mass is 424 g/mol. The third-order valence-corrected chi connectivity index (χ3v) is 5.33. The van der Waals surface area contributed by atoms with Gasteiger partial charge in [-0.3, -0.25) is 0 Å². The molecule has 0 amide bonds. The molecule has 5 rings (SSSR count). The average Bonchev–Trinajstić information content (AvgIpc) is 3.15. The third-order valence-electron chi connectivity index (χ3n) is 4.84. The molecule has 0 radical (unpaired) electrons. The van der Waals surface area contributed by atoms with Gasteiger partial charge in [-0.2, -0.15) is 14.6 Å². The predicted molar refractivity (Wildman–Crippen MR) is 107 cm³/mol. The minimum absolute atomic E-state index is 0.638. The Balaban J connectivity index is 1.44. The molecule has 3 aromatic heterocycles. The van der Waals surface area contributed by atoms with Gasteiger partial charge in [0.15, 0.2) is 0 Å². The molecule has 1 saturated heterocycles. The summed E-state index contributed by atoms with van der Waals surface area (Å²) in [5, 5.41) is 5.39. The van der Waals surface area contributed by atoms with Crippen LogP contribution in [0, 0.1) is 6.92 Å². The van der Waals surface area contributed by atoms with Gasteiger partial charge in [0.2, 0.25) is 0 Å². The van der Waals surface area contributed by atoms with Gasteiger partial charge in [0.05, 0.1) is 5.52 Å². The number of anilines is 2. The highest BCUT2D eigenvalue weighted by atomic mass is 79.9. The molecular formula is C18H17BrN8. The summed E-state index contributed by atoms with van der Waals surface area (Å²) >= 11 is 3.55. The molecule has 1 fully saturated rings. The summed E-state index contributed by atoms with van der Waals surface area (Å²) in [4.78, 5) is 22.2. The van der Waals surface area contributed by atoms with Crippen LogP contribution in [-0.4, -0.2) is 55.7 Å². The van der Waals surface area contributed by atoms with E-state index in [1.54, 1.807) is 17.2 Å². The van der Waals surface area contributed by atoms with Crippen molar-refractivity contribution in [2.75, 3.05) is 36.0 Å². The van der Waals surface area contributed by atoms with Gasteiger partial charge in [0, 0.05) is 47.8 Å². The SMILES string of the molecule is Cc1cc(N2CCN(c3ncnc4ccc(Br)cc34)CC2)n2ncnc2n1. The fourth-order valence-corrected chi connectivity index (χ4v) is 3.91. The number of halogens is 1. The standard InChI is InChI=1S/C18H17BrN8/c1-12-8-16(27-18(24-12)22-11-23-27)25-4-6-26(7-5-25)17-14-9-13(19)2-3-15(14)20-10-21-17/h2-3,8-11H,4-7H2,1H3. The van der Waals surface area contributed by atoms with Crippen molar-refractivity contribution in [2.24, 2.45) is 0 Å². The summed E-state index contributed by atoms with van der Waals surface area (Å²) in [7, 11) is 0. The topological polar surface area (TPSA) is 75.3 Å². The molecule has 9 heteroatoms. The smallest absolute Gasteiger partial charge is 0.254 e. The molecule has 1 aliphatic heterocycles. The molecule has 0 spiro atoms. The maximum Gasteiger partial charge on any atom is 0.254 e. The second-order valence-corrected chi connectivity index (χ2v) is 7.48. The van der Waals surface area contributed by atoms with Crippen LogP contribution in [0.15, 0.2) is 41.4 Å². The van der Waals surface area contributed by atoms with Crippen LogP contribution in [0.25, 0.3) is 16.7 Å². The fourth-order valence-electron chi connectivity index (χ4n) is 3.55. The van der Waals surface area contributed by atoms with Gasteiger partial charge in [-0.15, -0.1) is 0 Å². The maximum atomic E-state index is 4.56. The zero-order valence-electron chi connectivity index (χ0n) is 14.7. The third kappa shape index (κ3) is 2.87. The van der Waals surface area contributed by atoms with Crippen LogP contribution in [0.3, 0.4) is 0 Å². The number of benzene rings is 1. The molecule has 0 unspecified atom stereocenters. The van der Waals surface area contributed by atoms with Gasteiger partial charge in [0.25, 0.3) is 5.78 Å². The maximum absolute atomic E-state index is 4.56. The van der Waals surface area contributed by atoms with Crippen molar-refractivity contribution in [1.29, 1.82) is 0 Å². The van der Waals surface area contributed by atoms with Gasteiger partial charge in [-0.05, 0) is 25.1 Å². The van der Waals surface area contributed by atoms with Gasteiger partial charge in [-0.25, -0.2) is 15.0 Å². The second kappa shape index (κ2) is 6.41. The van der Waals surface area contributed by atoms with Crippen LogP contribution in [0.4, 0.5) is 11.6 Å². The molecule has 27 heavy (non-hydrogen) atoms. The van der Waals surface area contributed by atoms with Crippen LogP contribution >= 0.6 is 15.9 Å². The Morgan fingerprint density at radius 2 is 1.74 bits per heavy atom. The molecule has 0 bridgehead atoms. The number of rotatable bonds is 2. The highest BCUT2D eigenvalue weighted by Crippen LogP contribution is 2.27. The minimum Gasteiger partial charge on any atom is -0.353 e. The van der Waals surface area contributed by atoms with Crippen molar-refractivity contribution >= 4 is 44.2 Å². The lowest BCUT2D eigenvalue weighted by atomic mass is 10.2. The molecule has 0 N–H and O–H groups in total. The van der Waals surface area contributed by atoms with Gasteiger partial charge < -0.3 is 9.80 Å². The summed E-state index contributed by atoms with van der Waals surface area (Å²) in [5.41, 5.74) is 1.90. The highest BCUT2D eigenvalue weighted by Gasteiger charge is 2.22. The summed E-state index contributed by atoms with van der Waals surface area (Å²) < 4.78 is 2.84. The van der Waals surface area contributed by atoms with Crippen molar-refractivity contribution < 1.29 is 0 Å². The molecule has 8 nitrogen and oxygen atoms in total. The number of hydrogen-bond acceptors (Lipinski definition) is 7. The van der Waals surface area contributed by atoms with Crippen LogP contribution in [-0.2, 0) is 0 Å². The van der Waals surface area contributed by atoms with Crippen molar-refractivity contribution in [3.63, 3.8) is 0 Å². The summed E-state index contributed by atoms with van der Waals surface area (Å²) in [6.07, 6.45) is 3.19. The molecule has 0 saturated carbocycles. The molecule has 4 heterocycles. The zero-order valence-corrected chi connectivity index (χ0v) is 16.3. The van der Waals surface area contributed by atoms with E-state index in [9.17, 15) is 0 Å². The quantitative estimate of drug-likeness (QED) is 0.489. The van der Waals surface area contributed by atoms with E-state index in [1.807, 2.05) is 19.1 Å². The van der Waals surface area contributed by atoms with E-state index < -0.39 is 0 Å². The van der Waals surface area contributed by atoms with E-state index in [4.69, 9.17) is 0 Å². The molecule has 1 aromatic carbocycles. The number of aryl methyl sites for hydroxylation is 1. The molecule has 1 aliphatic rings. The van der Waals surface area contributed by atoms with Crippen molar-refractivity contribution in [3.05, 3.63) is 47.1 Å². The van der Waals surface area contributed by atoms with Crippen molar-refractivity contribution in [1.82, 2.24) is 29.5 Å². The van der Waals surface area contributed by atoms with Crippen LogP contribution in [0.2, 0.25) is 0 Å². The van der Waals surface area contributed by atoms with E-state index in [2.05, 4.69) is 62.9 Å². The van der Waals surface area contributed by atoms with Crippen LogP contribution in [0.1, 0.15) is 5.69 Å². The van der Waals surface area contributed by atoms with Gasteiger partial charge >= 0.3 is 0 Å². The Bertz CT molecular complexity index is 1130. The fraction of sp³-hybridized carbons (Fsp3) is 0.278. The lowest BCUT2D eigenvalue weighted by Gasteiger charge is -2.36. The molecule has 0 atom stereocenters. The summed E-state index contributed by atoms with van der Waals surface area (Å²) in [6.45, 7) is 5.47. The number of hydrogen-bond donors (Lipinski definition) is 0. The van der Waals surface area contributed by atoms with Crippen molar-refractivity contribution in [2.45, 2.75) is 6.92 Å². The van der Waals surface area contributed by atoms with E-state index in [-0.39, 0.29) is 0 Å². The average molecular weight is 425 g/mol. The number of aromatic nitrogens is 6. The summed E-state index contributed by atoms with van der Waals surface area (Å²) in [5.74, 6) is 2.65. The van der Waals surface area contributed by atoms with Gasteiger partial charge in [0.1, 0.15) is 24.3 Å². The van der Waals surface area contributed by atoms with E-state index in [0.29, 0.717) is 5.78 Å². The van der Waals surface area contributed by atoms with E-state index >= 15 is 0 Å². The molecular weight excluding hydrogens is 408 g/mol. The molecule has 0 aliphatic carbocycles. The second-order valence-electron chi connectivity index (χ2n) is 6.56. The Labute approximate surface area is 164 Å². The first-order valence-electron chi connectivity index (χ1n) is 8.76. The highest BCUT2D eigenvalue weighted by molar-refractivity contribution is 9.10. The Kier molecular flexibility index (Phi) is 3.89. The summed E-state index contributed by atoms with van der Waals surface area (Å²) in [6, 6.07) is 8.17. The molecule has 4 aromatic rings. The Hall–Kier alpha value is -2.81. The van der Waals surface area contributed by atoms with Crippen LogP contribution in [0.5, 0.6) is 0 Å². The lowest BCUT2D eigenvalue weighted by Crippen LogP contribution is -2.47. The van der Waals surface area contributed by atoms with E-state index in [1.165, 1.54) is 0 Å². The van der Waals surface area contributed by atoms with E-state index in [0.717, 1.165) is 58.9 Å². The Morgan fingerprint density at radius 3 is 2.59 bits per heavy atom. The largest absolute Gasteiger partial charge is 0.353 e. The first-order chi connectivity index (χ1) is 13.2. The number of piperazine rings is 1. The van der Waals surface area contributed by atoms with Gasteiger partial charge in [-0.1, -0.05) is 15.9 Å². The number of nitrogens with zero attached hydrogens (tertiary/aromatic N) is 8.